The third kappa shape index (κ3) is 3.29. The minimum Gasteiger partial charge on any atom is -0.327 e. The summed E-state index contributed by atoms with van der Waals surface area (Å²) in [6, 6.07) is 18.2. The molecule has 0 heterocycles. The Labute approximate surface area is 117 Å². The second-order valence-corrected chi connectivity index (χ2v) is 5.85. The molecule has 0 aromatic heterocycles. The fraction of sp³-hybridized carbons (Fsp3) is 0.200. The first-order valence-electron chi connectivity index (χ1n) is 5.90. The van der Waals surface area contributed by atoms with Crippen molar-refractivity contribution >= 4 is 23.4 Å². The molecule has 0 saturated carbocycles. The van der Waals surface area contributed by atoms with Crippen LogP contribution in [0.2, 0.25) is 5.02 Å². The molecule has 0 aliphatic carbocycles. The smallest absolute Gasteiger partial charge is 0.0507 e. The third-order valence-electron chi connectivity index (χ3n) is 2.70. The van der Waals surface area contributed by atoms with Crippen molar-refractivity contribution in [3.8, 4) is 0 Å². The first-order valence-corrected chi connectivity index (χ1v) is 7.16. The van der Waals surface area contributed by atoms with Gasteiger partial charge in [0.15, 0.2) is 0 Å². The van der Waals surface area contributed by atoms with Crippen LogP contribution in [0.1, 0.15) is 17.7 Å². The first kappa shape index (κ1) is 13.5. The lowest BCUT2D eigenvalue weighted by molar-refractivity contribution is 0.721. The van der Waals surface area contributed by atoms with Crippen LogP contribution >= 0.6 is 23.4 Å². The van der Waals surface area contributed by atoms with Gasteiger partial charge in [-0.15, -0.1) is 11.8 Å². The Hall–Kier alpha value is -0.960. The summed E-state index contributed by atoms with van der Waals surface area (Å²) < 4.78 is 0. The summed E-state index contributed by atoms with van der Waals surface area (Å²) in [6.45, 7) is 2.02. The number of thioether (sulfide) groups is 1. The summed E-state index contributed by atoms with van der Waals surface area (Å²) in [4.78, 5) is 1.21. The summed E-state index contributed by atoms with van der Waals surface area (Å²) in [5, 5.41) is 0.948. The molecule has 2 atom stereocenters. The topological polar surface area (TPSA) is 26.0 Å². The van der Waals surface area contributed by atoms with Crippen molar-refractivity contribution in [1.29, 1.82) is 0 Å². The van der Waals surface area contributed by atoms with Gasteiger partial charge in [0.25, 0.3) is 0 Å². The van der Waals surface area contributed by atoms with Crippen molar-refractivity contribution < 1.29 is 0 Å². The zero-order valence-electron chi connectivity index (χ0n) is 10.2. The molecule has 2 rings (SSSR count). The van der Waals surface area contributed by atoms with Gasteiger partial charge in [-0.3, -0.25) is 0 Å². The molecule has 0 fully saturated rings. The van der Waals surface area contributed by atoms with E-state index >= 15 is 0 Å². The maximum absolute atomic E-state index is 6.26. The van der Waals surface area contributed by atoms with Crippen LogP contribution in [0.15, 0.2) is 59.5 Å². The monoisotopic (exact) mass is 277 g/mol. The molecule has 2 aromatic rings. The quantitative estimate of drug-likeness (QED) is 0.832. The highest BCUT2D eigenvalue weighted by Crippen LogP contribution is 2.39. The molecule has 2 N–H and O–H groups in total. The van der Waals surface area contributed by atoms with Gasteiger partial charge in [0.2, 0.25) is 0 Å². The highest BCUT2D eigenvalue weighted by atomic mass is 35.5. The average Bonchev–Trinajstić information content (AvgIpc) is 2.38. The lowest BCUT2D eigenvalue weighted by Gasteiger charge is -2.21. The molecule has 0 bridgehead atoms. The minimum atomic E-state index is 0.0371. The molecule has 0 aliphatic rings. The second kappa shape index (κ2) is 6.28. The van der Waals surface area contributed by atoms with Gasteiger partial charge in [0, 0.05) is 16.0 Å². The summed E-state index contributed by atoms with van der Waals surface area (Å²) in [5.41, 5.74) is 7.21. The van der Waals surface area contributed by atoms with Crippen molar-refractivity contribution in [3.63, 3.8) is 0 Å². The van der Waals surface area contributed by atoms with Gasteiger partial charge in [-0.2, -0.15) is 0 Å². The molecule has 3 heteroatoms. The molecule has 2 unspecified atom stereocenters. The molecule has 2 aromatic carbocycles. The van der Waals surface area contributed by atoms with Crippen LogP contribution in [-0.4, -0.2) is 6.04 Å². The van der Waals surface area contributed by atoms with E-state index < -0.39 is 0 Å². The number of nitrogens with two attached hydrogens (primary N) is 1. The van der Waals surface area contributed by atoms with Crippen LogP contribution in [0, 0.1) is 0 Å². The summed E-state index contributed by atoms with van der Waals surface area (Å²) in [7, 11) is 0. The van der Waals surface area contributed by atoms with Crippen molar-refractivity contribution in [2.24, 2.45) is 5.73 Å². The molecule has 0 spiro atoms. The fourth-order valence-corrected chi connectivity index (χ4v) is 3.28. The van der Waals surface area contributed by atoms with Crippen LogP contribution in [0.4, 0.5) is 0 Å². The van der Waals surface area contributed by atoms with E-state index in [4.69, 9.17) is 17.3 Å². The predicted molar refractivity (Wildman–Crippen MR) is 80.1 cm³/mol. The van der Waals surface area contributed by atoms with Crippen molar-refractivity contribution in [2.45, 2.75) is 23.1 Å². The third-order valence-corrected chi connectivity index (χ3v) is 4.52. The zero-order valence-corrected chi connectivity index (χ0v) is 11.8. The van der Waals surface area contributed by atoms with Gasteiger partial charge in [-0.1, -0.05) is 48.0 Å². The van der Waals surface area contributed by atoms with E-state index in [0.29, 0.717) is 0 Å². The molecule has 94 valence electrons. The van der Waals surface area contributed by atoms with Crippen molar-refractivity contribution in [2.75, 3.05) is 0 Å². The van der Waals surface area contributed by atoms with Crippen LogP contribution in [0.25, 0.3) is 0 Å². The first-order chi connectivity index (χ1) is 8.68. The Morgan fingerprint density at radius 3 is 2.22 bits per heavy atom. The maximum atomic E-state index is 6.26. The summed E-state index contributed by atoms with van der Waals surface area (Å²) >= 11 is 8.02. The molecule has 0 amide bonds. The fourth-order valence-electron chi connectivity index (χ4n) is 1.81. The lowest BCUT2D eigenvalue weighted by atomic mass is 10.1. The molecule has 0 radical (unpaired) electrons. The Kier molecular flexibility index (Phi) is 4.70. The molecule has 1 nitrogen and oxygen atoms in total. The zero-order chi connectivity index (χ0) is 13.0. The van der Waals surface area contributed by atoms with E-state index in [-0.39, 0.29) is 11.3 Å². The largest absolute Gasteiger partial charge is 0.327 e. The Morgan fingerprint density at radius 1 is 1.00 bits per heavy atom. The van der Waals surface area contributed by atoms with E-state index in [1.54, 1.807) is 11.8 Å². The summed E-state index contributed by atoms with van der Waals surface area (Å²) in [6.07, 6.45) is 0. The maximum Gasteiger partial charge on any atom is 0.0507 e. The molecule has 0 aliphatic heterocycles. The molecular weight excluding hydrogens is 262 g/mol. The average molecular weight is 278 g/mol. The minimum absolute atomic E-state index is 0.0371. The number of halogens is 1. The Balaban J connectivity index is 2.27. The predicted octanol–water partition coefficient (Wildman–Crippen LogP) is 4.52. The van der Waals surface area contributed by atoms with Crippen molar-refractivity contribution in [3.05, 3.63) is 65.2 Å². The van der Waals surface area contributed by atoms with Crippen LogP contribution in [0.5, 0.6) is 0 Å². The molecule has 0 saturated heterocycles. The van der Waals surface area contributed by atoms with E-state index in [9.17, 15) is 0 Å². The Morgan fingerprint density at radius 2 is 1.61 bits per heavy atom. The number of hydrogen-bond donors (Lipinski definition) is 1. The van der Waals surface area contributed by atoms with Crippen LogP contribution < -0.4 is 5.73 Å². The normalized spacial score (nSPS) is 14.2. The number of rotatable bonds is 4. The highest BCUT2D eigenvalue weighted by Gasteiger charge is 2.19. The Bertz CT molecular complexity index is 499. The van der Waals surface area contributed by atoms with E-state index in [1.165, 1.54) is 4.90 Å². The standard InChI is InChI=1S/C15H16ClNS/c1-11(17)15(13-9-5-6-10-14(13)16)18-12-7-3-2-4-8-12/h2-11,15H,17H2,1H3. The van der Waals surface area contributed by atoms with Crippen molar-refractivity contribution in [1.82, 2.24) is 0 Å². The molecular formula is C15H16ClNS. The van der Waals surface area contributed by atoms with Crippen LogP contribution in [-0.2, 0) is 0 Å². The number of benzene rings is 2. The lowest BCUT2D eigenvalue weighted by Crippen LogP contribution is -2.22. The van der Waals surface area contributed by atoms with E-state index in [0.717, 1.165) is 10.6 Å². The van der Waals surface area contributed by atoms with Crippen LogP contribution in [0.3, 0.4) is 0 Å². The SMILES string of the molecule is CC(N)C(Sc1ccccc1)c1ccccc1Cl. The van der Waals surface area contributed by atoms with Gasteiger partial charge in [0.1, 0.15) is 0 Å². The second-order valence-electron chi connectivity index (χ2n) is 4.23. The van der Waals surface area contributed by atoms with Gasteiger partial charge in [-0.05, 0) is 30.7 Å². The number of hydrogen-bond acceptors (Lipinski definition) is 2. The van der Waals surface area contributed by atoms with Gasteiger partial charge < -0.3 is 5.73 Å². The van der Waals surface area contributed by atoms with Gasteiger partial charge in [-0.25, -0.2) is 0 Å². The highest BCUT2D eigenvalue weighted by molar-refractivity contribution is 7.99. The summed E-state index contributed by atoms with van der Waals surface area (Å²) in [5.74, 6) is 0. The van der Waals surface area contributed by atoms with Gasteiger partial charge in [0.05, 0.1) is 5.25 Å². The molecule has 18 heavy (non-hydrogen) atoms. The van der Waals surface area contributed by atoms with E-state index in [1.807, 2.05) is 49.4 Å². The van der Waals surface area contributed by atoms with E-state index in [2.05, 4.69) is 12.1 Å². The van der Waals surface area contributed by atoms with Gasteiger partial charge >= 0.3 is 0 Å².